The van der Waals surface area contributed by atoms with Crippen LogP contribution in [0.15, 0.2) is 73.5 Å². The number of hydrogen-bond acceptors (Lipinski definition) is 1. The predicted octanol–water partition coefficient (Wildman–Crippen LogP) is 5.12. The number of rotatable bonds is 5. The van der Waals surface area contributed by atoms with Crippen LogP contribution < -0.4 is 4.74 Å². The molecule has 0 atom stereocenters. The molecule has 0 aromatic heterocycles. The fraction of sp³-hybridized carbons (Fsp3) is 0.143. The van der Waals surface area contributed by atoms with Crippen LogP contribution in [0.5, 0.6) is 5.75 Å². The molecule has 0 unspecified atom stereocenters. The van der Waals surface area contributed by atoms with Gasteiger partial charge in [-0.3, -0.25) is 0 Å². The Balaban J connectivity index is 2.04. The maximum absolute atomic E-state index is 5.46. The fourth-order valence-electron chi connectivity index (χ4n) is 1.99. The van der Waals surface area contributed by atoms with E-state index in [1.165, 1.54) is 5.56 Å². The van der Waals surface area contributed by atoms with Gasteiger partial charge >= 0.3 is 0 Å². The molecule has 0 saturated carbocycles. The molecule has 0 aliphatic carbocycles. The molecule has 0 spiro atoms. The van der Waals surface area contributed by atoms with E-state index in [2.05, 4.69) is 56.2 Å². The Morgan fingerprint density at radius 3 is 2.05 bits per heavy atom. The van der Waals surface area contributed by atoms with E-state index < -0.39 is 0 Å². The second-order valence-corrected chi connectivity index (χ2v) is 4.99. The van der Waals surface area contributed by atoms with E-state index in [-0.39, 0.29) is 0 Å². The molecule has 0 amide bonds. The highest BCUT2D eigenvalue weighted by Crippen LogP contribution is 2.14. The van der Waals surface area contributed by atoms with E-state index >= 15 is 0 Å². The fourth-order valence-corrected chi connectivity index (χ4v) is 1.99. The Bertz CT molecular complexity index is 694. The van der Waals surface area contributed by atoms with Crippen LogP contribution in [0, 0.1) is 11.8 Å². The van der Waals surface area contributed by atoms with E-state index in [0.717, 1.165) is 29.7 Å². The van der Waals surface area contributed by atoms with E-state index in [1.807, 2.05) is 24.3 Å². The zero-order valence-corrected chi connectivity index (χ0v) is 12.9. The molecular weight excluding hydrogens is 268 g/mol. The van der Waals surface area contributed by atoms with Gasteiger partial charge in [0.25, 0.3) is 0 Å². The molecule has 0 fully saturated rings. The van der Waals surface area contributed by atoms with Crippen LogP contribution in [0.4, 0.5) is 0 Å². The highest BCUT2D eigenvalue weighted by molar-refractivity contribution is 5.45. The van der Waals surface area contributed by atoms with Crippen LogP contribution in [-0.4, -0.2) is 0 Å². The molecule has 0 saturated heterocycles. The maximum Gasteiger partial charge on any atom is 0.127 e. The number of aryl methyl sites for hydroxylation is 1. The van der Waals surface area contributed by atoms with Crippen molar-refractivity contribution in [2.75, 3.05) is 0 Å². The van der Waals surface area contributed by atoms with Crippen molar-refractivity contribution in [2.45, 2.75) is 19.8 Å². The summed E-state index contributed by atoms with van der Waals surface area (Å²) < 4.78 is 5.46. The van der Waals surface area contributed by atoms with Gasteiger partial charge in [-0.25, -0.2) is 0 Å². The molecule has 0 N–H and O–H groups in total. The molecule has 0 aliphatic rings. The number of benzene rings is 2. The van der Waals surface area contributed by atoms with Crippen molar-refractivity contribution in [2.24, 2.45) is 0 Å². The first-order chi connectivity index (χ1) is 10.7. The number of allylic oxidation sites excluding steroid dienone is 1. The standard InChI is InChI=1S/C21H20O/c1-4-6-18-7-9-19(10-8-18)11-12-20-13-15-21(16-14-20)22-17(3)5-2/h5,7-10,13-16H,2-4,6H2,1H3. The van der Waals surface area contributed by atoms with Crippen molar-refractivity contribution in [1.29, 1.82) is 0 Å². The van der Waals surface area contributed by atoms with Crippen molar-refractivity contribution in [1.82, 2.24) is 0 Å². The van der Waals surface area contributed by atoms with Crippen molar-refractivity contribution in [3.05, 3.63) is 90.2 Å². The third kappa shape index (κ3) is 4.68. The molecule has 2 aromatic carbocycles. The van der Waals surface area contributed by atoms with E-state index in [4.69, 9.17) is 4.74 Å². The average Bonchev–Trinajstić information content (AvgIpc) is 2.56. The van der Waals surface area contributed by atoms with Gasteiger partial charge in [0, 0.05) is 11.1 Å². The summed E-state index contributed by atoms with van der Waals surface area (Å²) in [6.07, 6.45) is 3.86. The highest BCUT2D eigenvalue weighted by atomic mass is 16.5. The summed E-state index contributed by atoms with van der Waals surface area (Å²) in [7, 11) is 0. The molecule has 2 aromatic rings. The summed E-state index contributed by atoms with van der Waals surface area (Å²) in [5.41, 5.74) is 3.34. The summed E-state index contributed by atoms with van der Waals surface area (Å²) in [5, 5.41) is 0. The Labute approximate surface area is 133 Å². The number of ether oxygens (including phenoxy) is 1. The molecule has 1 heteroatoms. The van der Waals surface area contributed by atoms with Gasteiger partial charge in [-0.1, -0.05) is 50.5 Å². The van der Waals surface area contributed by atoms with Crippen LogP contribution in [0.2, 0.25) is 0 Å². The van der Waals surface area contributed by atoms with Crippen LogP contribution in [0.25, 0.3) is 0 Å². The smallest absolute Gasteiger partial charge is 0.127 e. The quantitative estimate of drug-likeness (QED) is 0.421. The first-order valence-corrected chi connectivity index (χ1v) is 7.41. The molecule has 1 nitrogen and oxygen atoms in total. The molecule has 2 rings (SSSR count). The van der Waals surface area contributed by atoms with Gasteiger partial charge in [-0.15, -0.1) is 0 Å². The van der Waals surface area contributed by atoms with Gasteiger partial charge in [-0.05, 0) is 54.5 Å². The Kier molecular flexibility index (Phi) is 5.63. The minimum atomic E-state index is 0.533. The van der Waals surface area contributed by atoms with Crippen molar-refractivity contribution in [3.8, 4) is 17.6 Å². The second-order valence-electron chi connectivity index (χ2n) is 4.99. The topological polar surface area (TPSA) is 9.23 Å². The Morgan fingerprint density at radius 1 is 1.00 bits per heavy atom. The summed E-state index contributed by atoms with van der Waals surface area (Å²) in [6, 6.07) is 16.1. The van der Waals surface area contributed by atoms with Crippen LogP contribution in [0.1, 0.15) is 30.0 Å². The van der Waals surface area contributed by atoms with Crippen molar-refractivity contribution < 1.29 is 4.74 Å². The summed E-state index contributed by atoms with van der Waals surface area (Å²) in [6.45, 7) is 9.51. The highest BCUT2D eigenvalue weighted by Gasteiger charge is 1.95. The van der Waals surface area contributed by atoms with Gasteiger partial charge in [-0.2, -0.15) is 0 Å². The lowest BCUT2D eigenvalue weighted by Gasteiger charge is -2.04. The summed E-state index contributed by atoms with van der Waals surface area (Å²) in [4.78, 5) is 0. The van der Waals surface area contributed by atoms with Gasteiger partial charge in [0.2, 0.25) is 0 Å². The third-order valence-corrected chi connectivity index (χ3v) is 3.17. The maximum atomic E-state index is 5.46. The summed E-state index contributed by atoms with van der Waals surface area (Å²) >= 11 is 0. The SMILES string of the molecule is C=CC(=C)Oc1ccc(C#Cc2ccc(CCC)cc2)cc1. The molecule has 0 radical (unpaired) electrons. The predicted molar refractivity (Wildman–Crippen MR) is 92.8 cm³/mol. The molecule has 110 valence electrons. The molecule has 0 aliphatic heterocycles. The lowest BCUT2D eigenvalue weighted by atomic mass is 10.1. The van der Waals surface area contributed by atoms with Gasteiger partial charge in [0.05, 0.1) is 0 Å². The monoisotopic (exact) mass is 288 g/mol. The van der Waals surface area contributed by atoms with Crippen LogP contribution in [-0.2, 0) is 6.42 Å². The van der Waals surface area contributed by atoms with Gasteiger partial charge < -0.3 is 4.74 Å². The number of hydrogen-bond donors (Lipinski definition) is 0. The molecule has 0 bridgehead atoms. The van der Waals surface area contributed by atoms with Gasteiger partial charge in [0.1, 0.15) is 11.5 Å². The lowest BCUT2D eigenvalue weighted by molar-refractivity contribution is 0.447. The largest absolute Gasteiger partial charge is 0.458 e. The van der Waals surface area contributed by atoms with E-state index in [9.17, 15) is 0 Å². The zero-order valence-electron chi connectivity index (χ0n) is 12.9. The van der Waals surface area contributed by atoms with Crippen molar-refractivity contribution >= 4 is 0 Å². The van der Waals surface area contributed by atoms with E-state index in [0.29, 0.717) is 5.76 Å². The summed E-state index contributed by atoms with van der Waals surface area (Å²) in [5.74, 6) is 7.60. The molecule has 22 heavy (non-hydrogen) atoms. The van der Waals surface area contributed by atoms with E-state index in [1.54, 1.807) is 6.08 Å². The minimum Gasteiger partial charge on any atom is -0.458 e. The van der Waals surface area contributed by atoms with Gasteiger partial charge in [0.15, 0.2) is 0 Å². The zero-order chi connectivity index (χ0) is 15.8. The molecule has 0 heterocycles. The van der Waals surface area contributed by atoms with Crippen LogP contribution in [0.3, 0.4) is 0 Å². The second kappa shape index (κ2) is 7.90. The molecular formula is C21H20O. The Morgan fingerprint density at radius 2 is 1.55 bits per heavy atom. The normalized spacial score (nSPS) is 9.50. The average molecular weight is 288 g/mol. The lowest BCUT2D eigenvalue weighted by Crippen LogP contribution is -1.89. The minimum absolute atomic E-state index is 0.533. The third-order valence-electron chi connectivity index (χ3n) is 3.17. The van der Waals surface area contributed by atoms with Crippen molar-refractivity contribution in [3.63, 3.8) is 0 Å². The van der Waals surface area contributed by atoms with Crippen LogP contribution >= 0.6 is 0 Å². The Hall–Kier alpha value is -2.72. The first kappa shape index (κ1) is 15.7. The first-order valence-electron chi connectivity index (χ1n) is 7.41.